The molecular weight excluding hydrogens is 236 g/mol. The molecule has 0 spiro atoms. The summed E-state index contributed by atoms with van der Waals surface area (Å²) >= 11 is 0. The van der Waals surface area contributed by atoms with Gasteiger partial charge in [0.25, 0.3) is 0 Å². The van der Waals surface area contributed by atoms with E-state index in [1.165, 1.54) is 5.56 Å². The Bertz CT molecular complexity index is 518. The van der Waals surface area contributed by atoms with Crippen molar-refractivity contribution >= 4 is 0 Å². The Balaban J connectivity index is 2.36. The van der Waals surface area contributed by atoms with E-state index < -0.39 is 0 Å². The van der Waals surface area contributed by atoms with Crippen LogP contribution < -0.4 is 5.32 Å². The molecule has 0 saturated heterocycles. The molecule has 102 valence electrons. The first-order chi connectivity index (χ1) is 9.26. The Morgan fingerprint density at radius 3 is 2.79 bits per heavy atom. The van der Waals surface area contributed by atoms with Crippen LogP contribution in [-0.2, 0) is 13.5 Å². The minimum Gasteiger partial charge on any atom is -0.304 e. The van der Waals surface area contributed by atoms with Gasteiger partial charge in [0.15, 0.2) is 0 Å². The molecule has 4 heteroatoms. The molecule has 2 aromatic heterocycles. The molecule has 2 rings (SSSR count). The smallest absolute Gasteiger partial charge is 0.0946 e. The number of hydrogen-bond acceptors (Lipinski definition) is 3. The Labute approximate surface area is 114 Å². The summed E-state index contributed by atoms with van der Waals surface area (Å²) in [5.41, 5.74) is 3.41. The van der Waals surface area contributed by atoms with Crippen LogP contribution in [0, 0.1) is 0 Å². The molecule has 0 bridgehead atoms. The summed E-state index contributed by atoms with van der Waals surface area (Å²) < 4.78 is 1.84. The molecule has 19 heavy (non-hydrogen) atoms. The number of hydrogen-bond donors (Lipinski definition) is 1. The second-order valence-electron chi connectivity index (χ2n) is 4.70. The van der Waals surface area contributed by atoms with Gasteiger partial charge in [0, 0.05) is 19.4 Å². The average molecular weight is 258 g/mol. The van der Waals surface area contributed by atoms with Crippen molar-refractivity contribution in [2.45, 2.75) is 32.7 Å². The van der Waals surface area contributed by atoms with E-state index in [-0.39, 0.29) is 6.04 Å². The number of aryl methyl sites for hydroxylation is 2. The Kier molecular flexibility index (Phi) is 4.68. The average Bonchev–Trinajstić information content (AvgIpc) is 2.86. The fraction of sp³-hybridized carbons (Fsp3) is 0.467. The highest BCUT2D eigenvalue weighted by atomic mass is 15.3. The molecule has 1 unspecified atom stereocenters. The van der Waals surface area contributed by atoms with Gasteiger partial charge in [-0.25, -0.2) is 0 Å². The Morgan fingerprint density at radius 2 is 2.16 bits per heavy atom. The zero-order chi connectivity index (χ0) is 13.7. The van der Waals surface area contributed by atoms with Gasteiger partial charge in [0.05, 0.1) is 17.4 Å². The van der Waals surface area contributed by atoms with Gasteiger partial charge in [-0.05, 0) is 37.1 Å². The monoisotopic (exact) mass is 258 g/mol. The van der Waals surface area contributed by atoms with E-state index in [1.54, 1.807) is 0 Å². The van der Waals surface area contributed by atoms with Crippen molar-refractivity contribution in [2.75, 3.05) is 6.54 Å². The van der Waals surface area contributed by atoms with Crippen molar-refractivity contribution in [2.24, 2.45) is 7.05 Å². The number of pyridine rings is 1. The number of aromatic nitrogens is 3. The number of nitrogens with one attached hydrogen (secondary N) is 1. The summed E-state index contributed by atoms with van der Waals surface area (Å²) in [5, 5.41) is 8.08. The standard InChI is InChI=1S/C15H22N4/c1-4-9-16-15(13-8-11-19(3)18-13)14-12(5-2)7-6-10-17-14/h6-8,10-11,15-16H,4-5,9H2,1-3H3. The maximum Gasteiger partial charge on any atom is 0.0946 e. The molecule has 0 saturated carbocycles. The summed E-state index contributed by atoms with van der Waals surface area (Å²) in [6.45, 7) is 5.29. The van der Waals surface area contributed by atoms with Crippen LogP contribution in [0.3, 0.4) is 0 Å². The zero-order valence-electron chi connectivity index (χ0n) is 11.9. The zero-order valence-corrected chi connectivity index (χ0v) is 11.9. The lowest BCUT2D eigenvalue weighted by Gasteiger charge is -2.18. The lowest BCUT2D eigenvalue weighted by atomic mass is 10.0. The lowest BCUT2D eigenvalue weighted by Crippen LogP contribution is -2.25. The highest BCUT2D eigenvalue weighted by Gasteiger charge is 2.19. The Hall–Kier alpha value is -1.68. The first-order valence-corrected chi connectivity index (χ1v) is 6.93. The topological polar surface area (TPSA) is 42.7 Å². The van der Waals surface area contributed by atoms with E-state index in [9.17, 15) is 0 Å². The molecule has 0 aliphatic rings. The van der Waals surface area contributed by atoms with Crippen LogP contribution in [0.5, 0.6) is 0 Å². The molecular formula is C15H22N4. The van der Waals surface area contributed by atoms with Crippen molar-refractivity contribution in [3.8, 4) is 0 Å². The molecule has 0 aromatic carbocycles. The third-order valence-corrected chi connectivity index (χ3v) is 3.21. The van der Waals surface area contributed by atoms with Gasteiger partial charge in [0.1, 0.15) is 0 Å². The quantitative estimate of drug-likeness (QED) is 0.865. The number of nitrogens with zero attached hydrogens (tertiary/aromatic N) is 3. The van der Waals surface area contributed by atoms with Gasteiger partial charge in [-0.2, -0.15) is 5.10 Å². The minimum atomic E-state index is 0.0808. The third kappa shape index (κ3) is 3.20. The predicted octanol–water partition coefficient (Wildman–Crippen LogP) is 2.47. The third-order valence-electron chi connectivity index (χ3n) is 3.21. The molecule has 0 fully saturated rings. The highest BCUT2D eigenvalue weighted by Crippen LogP contribution is 2.22. The molecule has 4 nitrogen and oxygen atoms in total. The summed E-state index contributed by atoms with van der Waals surface area (Å²) in [7, 11) is 1.94. The van der Waals surface area contributed by atoms with Crippen LogP contribution in [-0.4, -0.2) is 21.3 Å². The van der Waals surface area contributed by atoms with Gasteiger partial charge < -0.3 is 5.32 Å². The molecule has 0 radical (unpaired) electrons. The van der Waals surface area contributed by atoms with Crippen LogP contribution in [0.2, 0.25) is 0 Å². The first kappa shape index (κ1) is 13.7. The van der Waals surface area contributed by atoms with Gasteiger partial charge in [-0.15, -0.1) is 0 Å². The number of rotatable bonds is 6. The Morgan fingerprint density at radius 1 is 1.32 bits per heavy atom. The van der Waals surface area contributed by atoms with E-state index in [1.807, 2.05) is 30.2 Å². The SMILES string of the molecule is CCCNC(c1ccn(C)n1)c1ncccc1CC. The minimum absolute atomic E-state index is 0.0808. The van der Waals surface area contributed by atoms with Crippen LogP contribution in [0.1, 0.15) is 43.3 Å². The maximum absolute atomic E-state index is 4.58. The fourth-order valence-corrected chi connectivity index (χ4v) is 2.23. The summed E-state index contributed by atoms with van der Waals surface area (Å²) in [6, 6.07) is 6.28. The van der Waals surface area contributed by atoms with Crippen molar-refractivity contribution in [3.63, 3.8) is 0 Å². The molecule has 2 aromatic rings. The maximum atomic E-state index is 4.58. The van der Waals surface area contributed by atoms with E-state index in [0.717, 1.165) is 30.8 Å². The van der Waals surface area contributed by atoms with Gasteiger partial charge in [-0.1, -0.05) is 19.9 Å². The molecule has 0 aliphatic carbocycles. The van der Waals surface area contributed by atoms with Crippen molar-refractivity contribution in [1.82, 2.24) is 20.1 Å². The molecule has 2 heterocycles. The van der Waals surface area contributed by atoms with Crippen molar-refractivity contribution in [1.29, 1.82) is 0 Å². The summed E-state index contributed by atoms with van der Waals surface area (Å²) in [6.07, 6.45) is 5.92. The first-order valence-electron chi connectivity index (χ1n) is 6.93. The van der Waals surface area contributed by atoms with Gasteiger partial charge in [-0.3, -0.25) is 9.67 Å². The normalized spacial score (nSPS) is 12.6. The van der Waals surface area contributed by atoms with Crippen LogP contribution in [0.4, 0.5) is 0 Å². The molecule has 1 atom stereocenters. The van der Waals surface area contributed by atoms with Gasteiger partial charge >= 0.3 is 0 Å². The largest absolute Gasteiger partial charge is 0.304 e. The van der Waals surface area contributed by atoms with Crippen LogP contribution in [0.15, 0.2) is 30.6 Å². The second kappa shape index (κ2) is 6.48. The van der Waals surface area contributed by atoms with E-state index in [4.69, 9.17) is 0 Å². The molecule has 0 amide bonds. The summed E-state index contributed by atoms with van der Waals surface area (Å²) in [5.74, 6) is 0. The van der Waals surface area contributed by atoms with E-state index in [0.29, 0.717) is 0 Å². The second-order valence-corrected chi connectivity index (χ2v) is 4.70. The van der Waals surface area contributed by atoms with Crippen LogP contribution in [0.25, 0.3) is 0 Å². The summed E-state index contributed by atoms with van der Waals surface area (Å²) in [4.78, 5) is 4.58. The van der Waals surface area contributed by atoms with Crippen LogP contribution >= 0.6 is 0 Å². The lowest BCUT2D eigenvalue weighted by molar-refractivity contribution is 0.560. The molecule has 1 N–H and O–H groups in total. The van der Waals surface area contributed by atoms with Gasteiger partial charge in [0.2, 0.25) is 0 Å². The highest BCUT2D eigenvalue weighted by molar-refractivity contribution is 5.29. The van der Waals surface area contributed by atoms with E-state index >= 15 is 0 Å². The van der Waals surface area contributed by atoms with E-state index in [2.05, 4.69) is 41.4 Å². The van der Waals surface area contributed by atoms with Crippen molar-refractivity contribution < 1.29 is 0 Å². The predicted molar refractivity (Wildman–Crippen MR) is 77.0 cm³/mol. The van der Waals surface area contributed by atoms with Crippen molar-refractivity contribution in [3.05, 3.63) is 47.5 Å². The molecule has 0 aliphatic heterocycles. The fourth-order valence-electron chi connectivity index (χ4n) is 2.23.